The molecule has 1 N–H and O–H groups in total. The van der Waals surface area contributed by atoms with Crippen LogP contribution in [-0.2, 0) is 6.54 Å². The zero-order valence-corrected chi connectivity index (χ0v) is 12.8. The van der Waals surface area contributed by atoms with Crippen molar-refractivity contribution in [3.8, 4) is 0 Å². The number of nitrogens with one attached hydrogen (secondary N) is 1. The van der Waals surface area contributed by atoms with Crippen molar-refractivity contribution >= 4 is 0 Å². The molecule has 3 nitrogen and oxygen atoms in total. The molecule has 2 unspecified atom stereocenters. The van der Waals surface area contributed by atoms with E-state index in [1.807, 2.05) is 0 Å². The second-order valence-electron chi connectivity index (χ2n) is 6.15. The second-order valence-corrected chi connectivity index (χ2v) is 6.15. The molecule has 2 atom stereocenters. The van der Waals surface area contributed by atoms with Gasteiger partial charge in [-0.2, -0.15) is 0 Å². The average Bonchev–Trinajstić information content (AvgIpc) is 2.42. The van der Waals surface area contributed by atoms with Crippen molar-refractivity contribution in [1.29, 1.82) is 0 Å². The Bertz CT molecular complexity index is 437. The SMILES string of the molecule is CCCC1CNC(C)(CC)CN1Cc1cncc(F)c1. The van der Waals surface area contributed by atoms with E-state index < -0.39 is 0 Å². The van der Waals surface area contributed by atoms with Gasteiger partial charge in [-0.05, 0) is 31.4 Å². The van der Waals surface area contributed by atoms with Gasteiger partial charge in [0.1, 0.15) is 5.82 Å². The topological polar surface area (TPSA) is 28.2 Å². The average molecular weight is 279 g/mol. The third-order valence-corrected chi connectivity index (χ3v) is 4.38. The number of pyridine rings is 1. The molecule has 1 fully saturated rings. The highest BCUT2D eigenvalue weighted by atomic mass is 19.1. The van der Waals surface area contributed by atoms with Crippen LogP contribution in [-0.4, -0.2) is 34.6 Å². The molecule has 1 aliphatic heterocycles. The molecule has 0 spiro atoms. The molecule has 112 valence electrons. The number of piperazine rings is 1. The largest absolute Gasteiger partial charge is 0.309 e. The number of rotatable bonds is 5. The van der Waals surface area contributed by atoms with Crippen molar-refractivity contribution in [2.45, 2.75) is 58.2 Å². The summed E-state index contributed by atoms with van der Waals surface area (Å²) in [5.41, 5.74) is 1.12. The van der Waals surface area contributed by atoms with Crippen molar-refractivity contribution in [3.63, 3.8) is 0 Å². The van der Waals surface area contributed by atoms with Gasteiger partial charge >= 0.3 is 0 Å². The maximum Gasteiger partial charge on any atom is 0.141 e. The van der Waals surface area contributed by atoms with E-state index in [1.165, 1.54) is 19.0 Å². The van der Waals surface area contributed by atoms with Crippen LogP contribution in [0.2, 0.25) is 0 Å². The van der Waals surface area contributed by atoms with Crippen molar-refractivity contribution in [3.05, 3.63) is 29.8 Å². The van der Waals surface area contributed by atoms with Gasteiger partial charge in [-0.1, -0.05) is 20.3 Å². The highest BCUT2D eigenvalue weighted by Gasteiger charge is 2.33. The summed E-state index contributed by atoms with van der Waals surface area (Å²) in [6.07, 6.45) is 6.49. The first-order valence-corrected chi connectivity index (χ1v) is 7.65. The number of halogens is 1. The van der Waals surface area contributed by atoms with Crippen LogP contribution < -0.4 is 5.32 Å². The fraction of sp³-hybridized carbons (Fsp3) is 0.688. The summed E-state index contributed by atoms with van der Waals surface area (Å²) in [6, 6.07) is 2.13. The first kappa shape index (κ1) is 15.4. The summed E-state index contributed by atoms with van der Waals surface area (Å²) in [6.45, 7) is 9.51. The van der Waals surface area contributed by atoms with Gasteiger partial charge in [-0.25, -0.2) is 4.39 Å². The third-order valence-electron chi connectivity index (χ3n) is 4.38. The van der Waals surface area contributed by atoms with Crippen LogP contribution in [0.15, 0.2) is 18.5 Å². The van der Waals surface area contributed by atoms with Crippen molar-refractivity contribution in [2.24, 2.45) is 0 Å². The predicted molar refractivity (Wildman–Crippen MR) is 80.0 cm³/mol. The summed E-state index contributed by atoms with van der Waals surface area (Å²) in [4.78, 5) is 6.45. The van der Waals surface area contributed by atoms with Crippen LogP contribution in [0.1, 0.15) is 45.6 Å². The Morgan fingerprint density at radius 2 is 2.25 bits per heavy atom. The fourth-order valence-electron chi connectivity index (χ4n) is 2.94. The maximum atomic E-state index is 13.3. The quantitative estimate of drug-likeness (QED) is 0.898. The van der Waals surface area contributed by atoms with E-state index in [0.29, 0.717) is 6.04 Å². The minimum absolute atomic E-state index is 0.158. The molecule has 0 aliphatic carbocycles. The van der Waals surface area contributed by atoms with E-state index in [-0.39, 0.29) is 11.4 Å². The fourth-order valence-corrected chi connectivity index (χ4v) is 2.94. The van der Waals surface area contributed by atoms with E-state index in [1.54, 1.807) is 12.3 Å². The summed E-state index contributed by atoms with van der Waals surface area (Å²) < 4.78 is 13.3. The second kappa shape index (κ2) is 6.64. The molecule has 2 rings (SSSR count). The van der Waals surface area contributed by atoms with Crippen molar-refractivity contribution in [1.82, 2.24) is 15.2 Å². The molecule has 1 aliphatic rings. The first-order valence-electron chi connectivity index (χ1n) is 7.65. The third kappa shape index (κ3) is 3.76. The van der Waals surface area contributed by atoms with Crippen LogP contribution in [0, 0.1) is 5.82 Å². The summed E-state index contributed by atoms with van der Waals surface area (Å²) in [7, 11) is 0. The van der Waals surface area contributed by atoms with Gasteiger partial charge in [0, 0.05) is 37.4 Å². The van der Waals surface area contributed by atoms with E-state index in [2.05, 4.69) is 36.0 Å². The van der Waals surface area contributed by atoms with E-state index in [0.717, 1.165) is 31.6 Å². The van der Waals surface area contributed by atoms with E-state index in [9.17, 15) is 4.39 Å². The Kier molecular flexibility index (Phi) is 5.11. The van der Waals surface area contributed by atoms with E-state index in [4.69, 9.17) is 0 Å². The van der Waals surface area contributed by atoms with Crippen molar-refractivity contribution < 1.29 is 4.39 Å². The molecule has 1 aromatic heterocycles. The Hall–Kier alpha value is -1.00. The molecule has 1 saturated heterocycles. The van der Waals surface area contributed by atoms with Crippen LogP contribution in [0.5, 0.6) is 0 Å². The molecular weight excluding hydrogens is 253 g/mol. The van der Waals surface area contributed by atoms with Crippen LogP contribution in [0.4, 0.5) is 4.39 Å². The van der Waals surface area contributed by atoms with Crippen molar-refractivity contribution in [2.75, 3.05) is 13.1 Å². The molecule has 0 bridgehead atoms. The van der Waals surface area contributed by atoms with Gasteiger partial charge in [0.05, 0.1) is 6.20 Å². The zero-order chi connectivity index (χ0) is 14.6. The molecule has 0 saturated carbocycles. The van der Waals surface area contributed by atoms with Crippen LogP contribution >= 0.6 is 0 Å². The normalized spacial score (nSPS) is 27.7. The molecule has 0 aromatic carbocycles. The minimum atomic E-state index is -0.247. The smallest absolute Gasteiger partial charge is 0.141 e. The summed E-state index contributed by atoms with van der Waals surface area (Å²) in [5, 5.41) is 3.68. The molecule has 4 heteroatoms. The van der Waals surface area contributed by atoms with Gasteiger partial charge in [0.2, 0.25) is 0 Å². The molecule has 20 heavy (non-hydrogen) atoms. The molecule has 2 heterocycles. The molecule has 0 amide bonds. The zero-order valence-electron chi connectivity index (χ0n) is 12.8. The summed E-state index contributed by atoms with van der Waals surface area (Å²) in [5.74, 6) is -0.247. The molecular formula is C16H26FN3. The number of aromatic nitrogens is 1. The van der Waals surface area contributed by atoms with Crippen LogP contribution in [0.3, 0.4) is 0 Å². The van der Waals surface area contributed by atoms with Gasteiger partial charge < -0.3 is 5.32 Å². The lowest BCUT2D eigenvalue weighted by molar-refractivity contribution is 0.0724. The number of hydrogen-bond acceptors (Lipinski definition) is 3. The number of nitrogens with zero attached hydrogens (tertiary/aromatic N) is 2. The molecule has 0 radical (unpaired) electrons. The van der Waals surface area contributed by atoms with Gasteiger partial charge in [-0.3, -0.25) is 9.88 Å². The van der Waals surface area contributed by atoms with Gasteiger partial charge in [0.25, 0.3) is 0 Å². The Morgan fingerprint density at radius 1 is 1.45 bits per heavy atom. The highest BCUT2D eigenvalue weighted by Crippen LogP contribution is 2.23. The Morgan fingerprint density at radius 3 is 2.90 bits per heavy atom. The lowest BCUT2D eigenvalue weighted by atomic mass is 9.92. The maximum absolute atomic E-state index is 13.3. The Balaban J connectivity index is 2.10. The van der Waals surface area contributed by atoms with Crippen LogP contribution in [0.25, 0.3) is 0 Å². The number of hydrogen-bond donors (Lipinski definition) is 1. The highest BCUT2D eigenvalue weighted by molar-refractivity contribution is 5.11. The Labute approximate surface area is 121 Å². The lowest BCUT2D eigenvalue weighted by Gasteiger charge is -2.46. The van der Waals surface area contributed by atoms with Gasteiger partial charge in [-0.15, -0.1) is 0 Å². The summed E-state index contributed by atoms with van der Waals surface area (Å²) >= 11 is 0. The lowest BCUT2D eigenvalue weighted by Crippen LogP contribution is -2.62. The monoisotopic (exact) mass is 279 g/mol. The van der Waals surface area contributed by atoms with Gasteiger partial charge in [0.15, 0.2) is 0 Å². The molecule has 1 aromatic rings. The standard InChI is InChI=1S/C16H26FN3/c1-4-6-15-10-19-16(3,5-2)12-20(15)11-13-7-14(17)9-18-8-13/h7-9,15,19H,4-6,10-12H2,1-3H3. The van der Waals surface area contributed by atoms with E-state index >= 15 is 0 Å². The predicted octanol–water partition coefficient (Wildman–Crippen LogP) is 2.96. The first-order chi connectivity index (χ1) is 9.56. The minimum Gasteiger partial charge on any atom is -0.309 e.